The van der Waals surface area contributed by atoms with Crippen molar-refractivity contribution in [3.63, 3.8) is 0 Å². The Hall–Kier alpha value is -1.55. The maximum Gasteiger partial charge on any atom is 0.229 e. The molecule has 0 unspecified atom stereocenters. The van der Waals surface area contributed by atoms with Gasteiger partial charge in [0.15, 0.2) is 0 Å². The minimum Gasteiger partial charge on any atom is -0.324 e. The topological polar surface area (TPSA) is 46.9 Å². The number of benzene rings is 1. The minimum absolute atomic E-state index is 0.0624. The molecular formula is C13H16ClN3O. The maximum atomic E-state index is 11.9. The standard InChI is InChI=1S/C13H16ClN3O/c1-13(2,3)12(18)15-11-5-8-7-17(4)16-10(8)6-9(11)14/h5-7H,1-4H3,(H,15,18). The number of nitrogens with zero attached hydrogens (tertiary/aromatic N) is 2. The smallest absolute Gasteiger partial charge is 0.229 e. The molecule has 1 aromatic heterocycles. The monoisotopic (exact) mass is 265 g/mol. The van der Waals surface area contributed by atoms with Crippen LogP contribution in [0.4, 0.5) is 5.69 Å². The van der Waals surface area contributed by atoms with Crippen LogP contribution in [0.1, 0.15) is 20.8 Å². The zero-order chi connectivity index (χ0) is 13.5. The molecule has 0 saturated carbocycles. The molecule has 2 rings (SSSR count). The number of anilines is 1. The lowest BCUT2D eigenvalue weighted by atomic mass is 9.95. The van der Waals surface area contributed by atoms with Gasteiger partial charge in [-0.15, -0.1) is 0 Å². The molecule has 0 aliphatic heterocycles. The van der Waals surface area contributed by atoms with Gasteiger partial charge >= 0.3 is 0 Å². The first kappa shape index (κ1) is 12.9. The molecule has 0 fully saturated rings. The van der Waals surface area contributed by atoms with Crippen LogP contribution in [0.2, 0.25) is 5.02 Å². The van der Waals surface area contributed by atoms with E-state index in [0.717, 1.165) is 10.9 Å². The highest BCUT2D eigenvalue weighted by molar-refractivity contribution is 6.34. The van der Waals surface area contributed by atoms with E-state index in [9.17, 15) is 4.79 Å². The van der Waals surface area contributed by atoms with E-state index in [0.29, 0.717) is 10.7 Å². The van der Waals surface area contributed by atoms with Gasteiger partial charge in [0.2, 0.25) is 5.91 Å². The number of carbonyl (C=O) groups is 1. The lowest BCUT2D eigenvalue weighted by Gasteiger charge is -2.18. The summed E-state index contributed by atoms with van der Waals surface area (Å²) < 4.78 is 1.72. The minimum atomic E-state index is -0.451. The zero-order valence-corrected chi connectivity index (χ0v) is 11.7. The summed E-state index contributed by atoms with van der Waals surface area (Å²) >= 11 is 6.14. The molecule has 4 nitrogen and oxygen atoms in total. The fourth-order valence-corrected chi connectivity index (χ4v) is 1.78. The third-order valence-electron chi connectivity index (χ3n) is 2.64. The number of carbonyl (C=O) groups excluding carboxylic acids is 1. The van der Waals surface area contributed by atoms with E-state index in [-0.39, 0.29) is 5.91 Å². The van der Waals surface area contributed by atoms with Gasteiger partial charge < -0.3 is 5.32 Å². The summed E-state index contributed by atoms with van der Waals surface area (Å²) in [6.07, 6.45) is 1.89. The van der Waals surface area contributed by atoms with Gasteiger partial charge in [-0.05, 0) is 12.1 Å². The third kappa shape index (κ3) is 2.48. The first-order valence-electron chi connectivity index (χ1n) is 5.72. The van der Waals surface area contributed by atoms with Crippen LogP contribution in [0, 0.1) is 5.41 Å². The fraction of sp³-hybridized carbons (Fsp3) is 0.385. The number of rotatable bonds is 1. The van der Waals surface area contributed by atoms with Crippen LogP contribution in [0.5, 0.6) is 0 Å². The summed E-state index contributed by atoms with van der Waals surface area (Å²) in [4.78, 5) is 11.9. The first-order chi connectivity index (χ1) is 8.27. The van der Waals surface area contributed by atoms with E-state index in [1.165, 1.54) is 0 Å². The molecular weight excluding hydrogens is 250 g/mol. The SMILES string of the molecule is Cn1cc2cc(NC(=O)C(C)(C)C)c(Cl)cc2n1. The van der Waals surface area contributed by atoms with Gasteiger partial charge in [-0.1, -0.05) is 32.4 Å². The Kier molecular flexibility index (Phi) is 3.07. The predicted octanol–water partition coefficient (Wildman–Crippen LogP) is 3.21. The summed E-state index contributed by atoms with van der Waals surface area (Å²) in [5.74, 6) is -0.0624. The van der Waals surface area contributed by atoms with E-state index >= 15 is 0 Å². The van der Waals surface area contributed by atoms with Crippen molar-refractivity contribution in [3.05, 3.63) is 23.4 Å². The Bertz CT molecular complexity index is 610. The highest BCUT2D eigenvalue weighted by Gasteiger charge is 2.22. The van der Waals surface area contributed by atoms with Gasteiger partial charge in [-0.3, -0.25) is 9.48 Å². The zero-order valence-electron chi connectivity index (χ0n) is 10.9. The van der Waals surface area contributed by atoms with Crippen molar-refractivity contribution in [2.45, 2.75) is 20.8 Å². The van der Waals surface area contributed by atoms with Crippen molar-refractivity contribution in [1.82, 2.24) is 9.78 Å². The van der Waals surface area contributed by atoms with E-state index in [4.69, 9.17) is 11.6 Å². The average Bonchev–Trinajstić information content (AvgIpc) is 2.56. The van der Waals surface area contributed by atoms with Crippen molar-refractivity contribution in [2.24, 2.45) is 12.5 Å². The molecule has 0 aliphatic carbocycles. The van der Waals surface area contributed by atoms with Crippen molar-refractivity contribution >= 4 is 34.1 Å². The molecule has 0 spiro atoms. The Labute approximate surface area is 111 Å². The normalized spacial score (nSPS) is 11.8. The summed E-state index contributed by atoms with van der Waals surface area (Å²) in [6, 6.07) is 3.60. The van der Waals surface area contributed by atoms with E-state index in [1.54, 1.807) is 10.7 Å². The number of nitrogens with one attached hydrogen (secondary N) is 1. The molecule has 1 N–H and O–H groups in total. The highest BCUT2D eigenvalue weighted by atomic mass is 35.5. The summed E-state index contributed by atoms with van der Waals surface area (Å²) in [6.45, 7) is 5.58. The van der Waals surface area contributed by atoms with Gasteiger partial charge in [0.05, 0.1) is 16.2 Å². The van der Waals surface area contributed by atoms with Crippen molar-refractivity contribution in [2.75, 3.05) is 5.32 Å². The fourth-order valence-electron chi connectivity index (χ4n) is 1.58. The lowest BCUT2D eigenvalue weighted by Crippen LogP contribution is -2.27. The number of aromatic nitrogens is 2. The largest absolute Gasteiger partial charge is 0.324 e. The average molecular weight is 266 g/mol. The number of fused-ring (bicyclic) bond motifs is 1. The third-order valence-corrected chi connectivity index (χ3v) is 2.95. The number of amides is 1. The van der Waals surface area contributed by atoms with E-state index in [2.05, 4.69) is 10.4 Å². The Morgan fingerprint density at radius 2 is 2.06 bits per heavy atom. The van der Waals surface area contributed by atoms with Crippen LogP contribution in [-0.2, 0) is 11.8 Å². The van der Waals surface area contributed by atoms with Crippen LogP contribution >= 0.6 is 11.6 Å². The molecule has 0 bridgehead atoms. The van der Waals surface area contributed by atoms with E-state index in [1.807, 2.05) is 40.1 Å². The predicted molar refractivity (Wildman–Crippen MR) is 73.8 cm³/mol. The highest BCUT2D eigenvalue weighted by Crippen LogP contribution is 2.28. The van der Waals surface area contributed by atoms with Crippen LogP contribution in [0.15, 0.2) is 18.3 Å². The van der Waals surface area contributed by atoms with Gasteiger partial charge in [0, 0.05) is 24.0 Å². The van der Waals surface area contributed by atoms with Crippen LogP contribution < -0.4 is 5.32 Å². The van der Waals surface area contributed by atoms with Crippen LogP contribution in [-0.4, -0.2) is 15.7 Å². The van der Waals surface area contributed by atoms with Crippen molar-refractivity contribution < 1.29 is 4.79 Å². The molecule has 18 heavy (non-hydrogen) atoms. The first-order valence-corrected chi connectivity index (χ1v) is 6.09. The molecule has 2 aromatic rings. The molecule has 1 heterocycles. The lowest BCUT2D eigenvalue weighted by molar-refractivity contribution is -0.123. The summed E-state index contributed by atoms with van der Waals surface area (Å²) in [7, 11) is 1.85. The second-order valence-electron chi connectivity index (χ2n) is 5.40. The molecule has 1 amide bonds. The van der Waals surface area contributed by atoms with Gasteiger partial charge in [0.1, 0.15) is 0 Å². The Morgan fingerprint density at radius 1 is 1.39 bits per heavy atom. The molecule has 1 aromatic carbocycles. The molecule has 0 aliphatic rings. The van der Waals surface area contributed by atoms with Crippen molar-refractivity contribution in [3.8, 4) is 0 Å². The van der Waals surface area contributed by atoms with Crippen LogP contribution in [0.3, 0.4) is 0 Å². The maximum absolute atomic E-state index is 11.9. The van der Waals surface area contributed by atoms with Crippen LogP contribution in [0.25, 0.3) is 10.9 Å². The summed E-state index contributed by atoms with van der Waals surface area (Å²) in [5.41, 5.74) is 0.987. The van der Waals surface area contributed by atoms with Gasteiger partial charge in [-0.2, -0.15) is 5.10 Å². The Balaban J connectivity index is 2.39. The van der Waals surface area contributed by atoms with Gasteiger partial charge in [-0.25, -0.2) is 0 Å². The molecule has 0 saturated heterocycles. The second-order valence-corrected chi connectivity index (χ2v) is 5.80. The molecule has 0 radical (unpaired) electrons. The summed E-state index contributed by atoms with van der Waals surface area (Å²) in [5, 5.41) is 8.56. The quantitative estimate of drug-likeness (QED) is 0.861. The number of aryl methyl sites for hydroxylation is 1. The van der Waals surface area contributed by atoms with Gasteiger partial charge in [0.25, 0.3) is 0 Å². The number of halogens is 1. The molecule has 0 atom stereocenters. The van der Waals surface area contributed by atoms with E-state index < -0.39 is 5.41 Å². The molecule has 5 heteroatoms. The second kappa shape index (κ2) is 4.28. The number of hydrogen-bond donors (Lipinski definition) is 1. The molecule has 96 valence electrons. The number of hydrogen-bond acceptors (Lipinski definition) is 2. The Morgan fingerprint density at radius 3 is 2.67 bits per heavy atom. The van der Waals surface area contributed by atoms with Crippen molar-refractivity contribution in [1.29, 1.82) is 0 Å².